The Morgan fingerprint density at radius 1 is 0.711 bits per heavy atom. The van der Waals surface area contributed by atoms with Gasteiger partial charge in [0.05, 0.1) is 12.2 Å². The Labute approximate surface area is 230 Å². The molecule has 0 atom stereocenters. The third kappa shape index (κ3) is 7.34. The summed E-state index contributed by atoms with van der Waals surface area (Å²) in [6, 6.07) is 32.6. The summed E-state index contributed by atoms with van der Waals surface area (Å²) in [5.41, 5.74) is 5.85. The summed E-state index contributed by atoms with van der Waals surface area (Å²) in [7, 11) is 4.12. The standard InChI is InChI=1S/C33H32ClNO3/c1-24(25-10-16-29(34)17-11-25)32(26-12-18-30(19-13-26)37-23-7-22-35(2)3)27-14-20-31(21-15-27)38-33(36)28-8-5-4-6-9-28/h4-6,8-21H,7,22-23H2,1-3H3/b32-24-. The zero-order valence-corrected chi connectivity index (χ0v) is 22.7. The number of carbonyl (C=O) groups excluding carboxylic acids is 1. The van der Waals surface area contributed by atoms with Crippen molar-refractivity contribution in [3.8, 4) is 11.5 Å². The van der Waals surface area contributed by atoms with Gasteiger partial charge in [0.15, 0.2) is 0 Å². The van der Waals surface area contributed by atoms with Crippen molar-refractivity contribution in [2.24, 2.45) is 0 Å². The number of benzene rings is 4. The summed E-state index contributed by atoms with van der Waals surface area (Å²) in [5, 5.41) is 0.698. The molecule has 0 aliphatic rings. The van der Waals surface area contributed by atoms with Crippen molar-refractivity contribution in [3.63, 3.8) is 0 Å². The predicted octanol–water partition coefficient (Wildman–Crippen LogP) is 7.87. The van der Waals surface area contributed by atoms with Gasteiger partial charge in [0.2, 0.25) is 0 Å². The summed E-state index contributed by atoms with van der Waals surface area (Å²) in [5.74, 6) is 0.958. The molecule has 0 aliphatic carbocycles. The highest BCUT2D eigenvalue weighted by Gasteiger charge is 2.13. The predicted molar refractivity (Wildman–Crippen MR) is 156 cm³/mol. The molecule has 0 aliphatic heterocycles. The highest BCUT2D eigenvalue weighted by Crippen LogP contribution is 2.34. The maximum Gasteiger partial charge on any atom is 0.343 e. The van der Waals surface area contributed by atoms with Gasteiger partial charge in [-0.1, -0.05) is 66.2 Å². The van der Waals surface area contributed by atoms with Gasteiger partial charge in [0, 0.05) is 11.6 Å². The van der Waals surface area contributed by atoms with Gasteiger partial charge in [-0.05, 0) is 104 Å². The van der Waals surface area contributed by atoms with Gasteiger partial charge in [-0.3, -0.25) is 0 Å². The zero-order valence-electron chi connectivity index (χ0n) is 22.0. The third-order valence-electron chi connectivity index (χ3n) is 6.18. The van der Waals surface area contributed by atoms with Crippen LogP contribution in [0.2, 0.25) is 5.02 Å². The molecule has 0 aromatic heterocycles. The molecule has 5 heteroatoms. The highest BCUT2D eigenvalue weighted by molar-refractivity contribution is 6.30. The molecule has 4 rings (SSSR count). The van der Waals surface area contributed by atoms with Crippen LogP contribution in [0.4, 0.5) is 0 Å². The fourth-order valence-electron chi connectivity index (χ4n) is 4.16. The van der Waals surface area contributed by atoms with Crippen molar-refractivity contribution in [1.82, 2.24) is 4.90 Å². The molecule has 0 radical (unpaired) electrons. The van der Waals surface area contributed by atoms with Crippen molar-refractivity contribution >= 4 is 28.7 Å². The number of hydrogen-bond acceptors (Lipinski definition) is 4. The molecule has 4 aromatic carbocycles. The first-order valence-corrected chi connectivity index (χ1v) is 13.0. The molecule has 0 bridgehead atoms. The van der Waals surface area contributed by atoms with E-state index >= 15 is 0 Å². The first kappa shape index (κ1) is 27.2. The van der Waals surface area contributed by atoms with E-state index in [0.717, 1.165) is 46.6 Å². The smallest absolute Gasteiger partial charge is 0.343 e. The average Bonchev–Trinajstić information content (AvgIpc) is 2.93. The van der Waals surface area contributed by atoms with E-state index in [1.54, 1.807) is 12.1 Å². The molecule has 194 valence electrons. The monoisotopic (exact) mass is 525 g/mol. The number of halogens is 1. The molecule has 0 saturated heterocycles. The zero-order chi connectivity index (χ0) is 26.9. The van der Waals surface area contributed by atoms with Gasteiger partial charge in [-0.2, -0.15) is 0 Å². The van der Waals surface area contributed by atoms with Gasteiger partial charge in [0.1, 0.15) is 11.5 Å². The number of allylic oxidation sites excluding steroid dienone is 1. The number of ether oxygens (including phenoxy) is 2. The number of hydrogen-bond donors (Lipinski definition) is 0. The lowest BCUT2D eigenvalue weighted by Crippen LogP contribution is -2.15. The molecule has 0 spiro atoms. The molecular formula is C33H32ClNO3. The molecule has 0 N–H and O–H groups in total. The van der Waals surface area contributed by atoms with Crippen LogP contribution in [0.5, 0.6) is 11.5 Å². The Hall–Kier alpha value is -3.86. The first-order valence-electron chi connectivity index (χ1n) is 12.6. The summed E-state index contributed by atoms with van der Waals surface area (Å²) in [4.78, 5) is 14.6. The Morgan fingerprint density at radius 2 is 1.26 bits per heavy atom. The molecule has 0 unspecified atom stereocenters. The van der Waals surface area contributed by atoms with Gasteiger partial charge >= 0.3 is 5.97 Å². The topological polar surface area (TPSA) is 38.8 Å². The molecule has 4 aromatic rings. The van der Waals surface area contributed by atoms with E-state index in [9.17, 15) is 4.79 Å². The molecule has 0 amide bonds. The lowest BCUT2D eigenvalue weighted by atomic mass is 9.90. The summed E-state index contributed by atoms with van der Waals surface area (Å²) >= 11 is 6.15. The fourth-order valence-corrected chi connectivity index (χ4v) is 4.29. The second kappa shape index (κ2) is 13.1. The molecule has 0 heterocycles. The second-order valence-corrected chi connectivity index (χ2v) is 9.75. The van der Waals surface area contributed by atoms with Crippen LogP contribution in [0.25, 0.3) is 11.1 Å². The van der Waals surface area contributed by atoms with Crippen LogP contribution in [0.3, 0.4) is 0 Å². The normalized spacial score (nSPS) is 11.7. The van der Waals surface area contributed by atoms with Crippen molar-refractivity contribution in [3.05, 3.63) is 130 Å². The third-order valence-corrected chi connectivity index (χ3v) is 6.43. The average molecular weight is 526 g/mol. The summed E-state index contributed by atoms with van der Waals surface area (Å²) < 4.78 is 11.5. The van der Waals surface area contributed by atoms with Crippen LogP contribution in [0, 0.1) is 0 Å². The van der Waals surface area contributed by atoms with Gasteiger partial charge in [-0.15, -0.1) is 0 Å². The van der Waals surface area contributed by atoms with Crippen molar-refractivity contribution in [1.29, 1.82) is 0 Å². The van der Waals surface area contributed by atoms with Crippen molar-refractivity contribution in [2.75, 3.05) is 27.2 Å². The second-order valence-electron chi connectivity index (χ2n) is 9.32. The maximum absolute atomic E-state index is 12.5. The molecule has 0 fully saturated rings. The minimum Gasteiger partial charge on any atom is -0.494 e. The van der Waals surface area contributed by atoms with E-state index in [4.69, 9.17) is 21.1 Å². The quantitative estimate of drug-likeness (QED) is 0.0913. The van der Waals surface area contributed by atoms with Crippen LogP contribution >= 0.6 is 11.6 Å². The van der Waals surface area contributed by atoms with Gasteiger partial charge in [-0.25, -0.2) is 4.79 Å². The summed E-state index contributed by atoms with van der Waals surface area (Å²) in [6.07, 6.45) is 0.969. The van der Waals surface area contributed by atoms with Crippen LogP contribution < -0.4 is 9.47 Å². The Kier molecular flexibility index (Phi) is 9.36. The fraction of sp³-hybridized carbons (Fsp3) is 0.182. The molecule has 4 nitrogen and oxygen atoms in total. The van der Waals surface area contributed by atoms with E-state index in [0.29, 0.717) is 22.9 Å². The van der Waals surface area contributed by atoms with Gasteiger partial charge < -0.3 is 14.4 Å². The molecule has 0 saturated carbocycles. The summed E-state index contributed by atoms with van der Waals surface area (Å²) in [6.45, 7) is 3.77. The minimum atomic E-state index is -0.382. The number of nitrogens with zero attached hydrogens (tertiary/aromatic N) is 1. The molecular weight excluding hydrogens is 494 g/mol. The van der Waals surface area contributed by atoms with Crippen LogP contribution in [-0.4, -0.2) is 38.1 Å². The van der Waals surface area contributed by atoms with E-state index in [1.807, 2.05) is 78.9 Å². The minimum absolute atomic E-state index is 0.382. The Morgan fingerprint density at radius 3 is 1.84 bits per heavy atom. The maximum atomic E-state index is 12.5. The number of carbonyl (C=O) groups is 1. The van der Waals surface area contributed by atoms with Crippen molar-refractivity contribution < 1.29 is 14.3 Å². The van der Waals surface area contributed by atoms with E-state index in [1.165, 1.54) is 0 Å². The SMILES string of the molecule is C/C(=C(\c1ccc(OCCCN(C)C)cc1)c1ccc(OC(=O)c2ccccc2)cc1)c1ccc(Cl)cc1. The van der Waals surface area contributed by atoms with Crippen LogP contribution in [0.1, 0.15) is 40.4 Å². The first-order chi connectivity index (χ1) is 18.4. The van der Waals surface area contributed by atoms with E-state index in [2.05, 4.69) is 38.1 Å². The van der Waals surface area contributed by atoms with Crippen LogP contribution in [0.15, 0.2) is 103 Å². The van der Waals surface area contributed by atoms with Crippen LogP contribution in [-0.2, 0) is 0 Å². The number of rotatable bonds is 10. The molecule has 38 heavy (non-hydrogen) atoms. The lowest BCUT2D eigenvalue weighted by Gasteiger charge is -2.16. The van der Waals surface area contributed by atoms with Crippen molar-refractivity contribution in [2.45, 2.75) is 13.3 Å². The Bertz CT molecular complexity index is 1360. The lowest BCUT2D eigenvalue weighted by molar-refractivity contribution is 0.0734. The highest BCUT2D eigenvalue weighted by atomic mass is 35.5. The van der Waals surface area contributed by atoms with E-state index in [-0.39, 0.29) is 5.97 Å². The van der Waals surface area contributed by atoms with Gasteiger partial charge in [0.25, 0.3) is 0 Å². The Balaban J connectivity index is 1.60. The number of esters is 1. The largest absolute Gasteiger partial charge is 0.494 e. The van der Waals surface area contributed by atoms with E-state index < -0.39 is 0 Å².